The Bertz CT molecular complexity index is 301. The van der Waals surface area contributed by atoms with Crippen molar-refractivity contribution in [1.82, 2.24) is 4.98 Å². The van der Waals surface area contributed by atoms with Crippen molar-refractivity contribution in [2.45, 2.75) is 0 Å². The largest absolute Gasteiger partial charge is 0.493 e. The summed E-state index contributed by atoms with van der Waals surface area (Å²) in [6.45, 7) is 0. The van der Waals surface area contributed by atoms with E-state index in [1.807, 2.05) is 0 Å². The molecule has 3 heteroatoms. The zero-order chi connectivity index (χ0) is 8.27. The van der Waals surface area contributed by atoms with Gasteiger partial charge in [-0.1, -0.05) is 5.92 Å². The zero-order valence-corrected chi connectivity index (χ0v) is 6.16. The van der Waals surface area contributed by atoms with Crippen LogP contribution in [0.2, 0.25) is 0 Å². The lowest BCUT2D eigenvalue weighted by Crippen LogP contribution is -1.95. The molecule has 0 saturated carbocycles. The molecule has 3 nitrogen and oxygen atoms in total. The number of rotatable bonds is 1. The van der Waals surface area contributed by atoms with Crippen molar-refractivity contribution in [3.8, 4) is 18.1 Å². The number of hydrogen-bond donors (Lipinski definition) is 1. The van der Waals surface area contributed by atoms with Gasteiger partial charge in [0.25, 0.3) is 0 Å². The molecule has 11 heavy (non-hydrogen) atoms. The van der Waals surface area contributed by atoms with Crippen LogP contribution in [0, 0.1) is 12.3 Å². The summed E-state index contributed by atoms with van der Waals surface area (Å²) in [5.74, 6) is 2.94. The SMILES string of the molecule is C#Cc1cncc(N)c1OC. The van der Waals surface area contributed by atoms with Gasteiger partial charge in [-0.3, -0.25) is 4.98 Å². The van der Waals surface area contributed by atoms with Crippen LogP contribution in [0.3, 0.4) is 0 Å². The quantitative estimate of drug-likeness (QED) is 0.595. The molecule has 2 N–H and O–H groups in total. The van der Waals surface area contributed by atoms with E-state index in [0.717, 1.165) is 0 Å². The Morgan fingerprint density at radius 3 is 2.82 bits per heavy atom. The fourth-order valence-corrected chi connectivity index (χ4v) is 0.795. The minimum Gasteiger partial charge on any atom is -0.493 e. The predicted octanol–water partition coefficient (Wildman–Crippen LogP) is 0.654. The molecule has 0 saturated heterocycles. The molecule has 0 fully saturated rings. The van der Waals surface area contributed by atoms with E-state index >= 15 is 0 Å². The van der Waals surface area contributed by atoms with Crippen molar-refractivity contribution in [3.05, 3.63) is 18.0 Å². The van der Waals surface area contributed by atoms with E-state index in [1.165, 1.54) is 19.5 Å². The van der Waals surface area contributed by atoms with E-state index in [0.29, 0.717) is 17.0 Å². The Hall–Kier alpha value is -1.69. The zero-order valence-electron chi connectivity index (χ0n) is 6.16. The van der Waals surface area contributed by atoms with E-state index in [9.17, 15) is 0 Å². The summed E-state index contributed by atoms with van der Waals surface area (Å²) in [7, 11) is 1.52. The molecule has 0 spiro atoms. The summed E-state index contributed by atoms with van der Waals surface area (Å²) < 4.78 is 4.96. The van der Waals surface area contributed by atoms with Gasteiger partial charge in [0.15, 0.2) is 5.75 Å². The minimum atomic E-state index is 0.461. The van der Waals surface area contributed by atoms with Gasteiger partial charge < -0.3 is 10.5 Å². The standard InChI is InChI=1S/C8H8N2O/c1-3-6-4-10-5-7(9)8(6)11-2/h1,4-5H,9H2,2H3. The normalized spacial score (nSPS) is 8.73. The summed E-state index contributed by atoms with van der Waals surface area (Å²) in [6, 6.07) is 0. The maximum atomic E-state index is 5.52. The van der Waals surface area contributed by atoms with Crippen molar-refractivity contribution in [2.75, 3.05) is 12.8 Å². The second-order valence-electron chi connectivity index (χ2n) is 1.95. The molecule has 1 aromatic rings. The molecule has 0 amide bonds. The van der Waals surface area contributed by atoms with E-state index in [2.05, 4.69) is 10.9 Å². The topological polar surface area (TPSA) is 48.1 Å². The van der Waals surface area contributed by atoms with Crippen molar-refractivity contribution >= 4 is 5.69 Å². The van der Waals surface area contributed by atoms with Crippen LogP contribution in [0.25, 0.3) is 0 Å². The highest BCUT2D eigenvalue weighted by atomic mass is 16.5. The molecule has 0 aromatic carbocycles. The van der Waals surface area contributed by atoms with Gasteiger partial charge in [0.2, 0.25) is 0 Å². The molecule has 56 valence electrons. The number of hydrogen-bond acceptors (Lipinski definition) is 3. The monoisotopic (exact) mass is 148 g/mol. The lowest BCUT2D eigenvalue weighted by atomic mass is 10.2. The highest BCUT2D eigenvalue weighted by Crippen LogP contribution is 2.22. The summed E-state index contributed by atoms with van der Waals surface area (Å²) in [4.78, 5) is 3.82. The maximum Gasteiger partial charge on any atom is 0.160 e. The summed E-state index contributed by atoms with van der Waals surface area (Å²) in [6.07, 6.45) is 8.21. The Morgan fingerprint density at radius 2 is 2.36 bits per heavy atom. The minimum absolute atomic E-state index is 0.461. The first-order chi connectivity index (χ1) is 5.29. The van der Waals surface area contributed by atoms with Crippen LogP contribution in [0.1, 0.15) is 5.56 Å². The van der Waals surface area contributed by atoms with Crippen LogP contribution in [-0.4, -0.2) is 12.1 Å². The average molecular weight is 148 g/mol. The number of pyridine rings is 1. The first kappa shape index (κ1) is 7.42. The second kappa shape index (κ2) is 2.93. The number of ether oxygens (including phenoxy) is 1. The van der Waals surface area contributed by atoms with Gasteiger partial charge in [0, 0.05) is 6.20 Å². The fraction of sp³-hybridized carbons (Fsp3) is 0.125. The summed E-state index contributed by atoms with van der Waals surface area (Å²) >= 11 is 0. The van der Waals surface area contributed by atoms with Crippen molar-refractivity contribution in [2.24, 2.45) is 0 Å². The Balaban J connectivity index is 3.27. The van der Waals surface area contributed by atoms with Gasteiger partial charge in [-0.2, -0.15) is 0 Å². The molecule has 1 rings (SSSR count). The smallest absolute Gasteiger partial charge is 0.160 e. The van der Waals surface area contributed by atoms with Crippen LogP contribution in [0.4, 0.5) is 5.69 Å². The number of terminal acetylenes is 1. The fourth-order valence-electron chi connectivity index (χ4n) is 0.795. The predicted molar refractivity (Wildman–Crippen MR) is 43.1 cm³/mol. The number of aromatic nitrogens is 1. The molecule has 1 aromatic heterocycles. The summed E-state index contributed by atoms with van der Waals surface area (Å²) in [5, 5.41) is 0. The molecule has 0 aliphatic carbocycles. The number of nitrogens with two attached hydrogens (primary N) is 1. The van der Waals surface area contributed by atoms with E-state index in [4.69, 9.17) is 16.9 Å². The van der Waals surface area contributed by atoms with Crippen molar-refractivity contribution in [3.63, 3.8) is 0 Å². The molecule has 0 aliphatic heterocycles. The number of nitrogen functional groups attached to an aromatic ring is 1. The average Bonchev–Trinajstić information content (AvgIpc) is 2.04. The molecule has 0 aliphatic rings. The number of methoxy groups -OCH3 is 1. The molecule has 0 atom stereocenters. The second-order valence-corrected chi connectivity index (χ2v) is 1.95. The van der Waals surface area contributed by atoms with Crippen molar-refractivity contribution in [1.29, 1.82) is 0 Å². The van der Waals surface area contributed by atoms with Gasteiger partial charge in [0.05, 0.1) is 24.6 Å². The van der Waals surface area contributed by atoms with E-state index in [1.54, 1.807) is 0 Å². The molecular weight excluding hydrogens is 140 g/mol. The van der Waals surface area contributed by atoms with Crippen molar-refractivity contribution < 1.29 is 4.74 Å². The Labute approximate surface area is 65.2 Å². The third-order valence-corrected chi connectivity index (χ3v) is 1.28. The van der Waals surface area contributed by atoms with Crippen LogP contribution in [-0.2, 0) is 0 Å². The number of nitrogens with zero attached hydrogens (tertiary/aromatic N) is 1. The Morgan fingerprint density at radius 1 is 1.64 bits per heavy atom. The highest BCUT2D eigenvalue weighted by Gasteiger charge is 2.03. The van der Waals surface area contributed by atoms with Crippen LogP contribution in [0.5, 0.6) is 5.75 Å². The maximum absolute atomic E-state index is 5.52. The van der Waals surface area contributed by atoms with Gasteiger partial charge in [0.1, 0.15) is 0 Å². The third kappa shape index (κ3) is 1.24. The molecular formula is C8H8N2O. The van der Waals surface area contributed by atoms with E-state index in [-0.39, 0.29) is 0 Å². The first-order valence-corrected chi connectivity index (χ1v) is 3.03. The Kier molecular flexibility index (Phi) is 1.98. The first-order valence-electron chi connectivity index (χ1n) is 3.03. The lowest BCUT2D eigenvalue weighted by Gasteiger charge is -2.04. The third-order valence-electron chi connectivity index (χ3n) is 1.28. The van der Waals surface area contributed by atoms with Gasteiger partial charge in [-0.25, -0.2) is 0 Å². The molecule has 0 bridgehead atoms. The lowest BCUT2D eigenvalue weighted by molar-refractivity contribution is 0.415. The van der Waals surface area contributed by atoms with Gasteiger partial charge in [-0.15, -0.1) is 6.42 Å². The van der Waals surface area contributed by atoms with Gasteiger partial charge >= 0.3 is 0 Å². The summed E-state index contributed by atoms with van der Waals surface area (Å²) in [5.41, 5.74) is 6.56. The number of anilines is 1. The van der Waals surface area contributed by atoms with E-state index < -0.39 is 0 Å². The van der Waals surface area contributed by atoms with Crippen LogP contribution in [0.15, 0.2) is 12.4 Å². The molecule has 0 unspecified atom stereocenters. The molecule has 1 heterocycles. The van der Waals surface area contributed by atoms with Gasteiger partial charge in [-0.05, 0) is 0 Å². The van der Waals surface area contributed by atoms with Crippen LogP contribution >= 0.6 is 0 Å². The molecule has 0 radical (unpaired) electrons. The highest BCUT2D eigenvalue weighted by molar-refractivity contribution is 5.59. The van der Waals surface area contributed by atoms with Crippen LogP contribution < -0.4 is 10.5 Å².